The van der Waals surface area contributed by atoms with Crippen LogP contribution in [0.1, 0.15) is 25.8 Å². The Morgan fingerprint density at radius 2 is 1.95 bits per heavy atom. The summed E-state index contributed by atoms with van der Waals surface area (Å²) in [5, 5.41) is 8.78. The second-order valence-electron chi connectivity index (χ2n) is 4.78. The first kappa shape index (κ1) is 16.5. The summed E-state index contributed by atoms with van der Waals surface area (Å²) in [4.78, 5) is 10.7. The predicted octanol–water partition coefficient (Wildman–Crippen LogP) is 1.52. The van der Waals surface area contributed by atoms with Gasteiger partial charge in [-0.1, -0.05) is 18.2 Å². The fourth-order valence-corrected chi connectivity index (χ4v) is 3.29. The van der Waals surface area contributed by atoms with Crippen molar-refractivity contribution in [2.24, 2.45) is 0 Å². The molecule has 0 saturated carbocycles. The van der Waals surface area contributed by atoms with Gasteiger partial charge in [-0.25, -0.2) is 0 Å². The Morgan fingerprint density at radius 1 is 1.35 bits per heavy atom. The monoisotopic (exact) mass is 300 g/mol. The minimum absolute atomic E-state index is 0.109. The van der Waals surface area contributed by atoms with Crippen LogP contribution >= 0.6 is 0 Å². The van der Waals surface area contributed by atoms with Crippen LogP contribution in [0, 0.1) is 6.92 Å². The number of aliphatic carboxylic acids is 1. The van der Waals surface area contributed by atoms with Gasteiger partial charge in [-0.2, -0.15) is 13.1 Å². The highest BCUT2D eigenvalue weighted by molar-refractivity contribution is 7.90. The van der Waals surface area contributed by atoms with Crippen molar-refractivity contribution in [1.29, 1.82) is 0 Å². The van der Waals surface area contributed by atoms with Gasteiger partial charge in [0.2, 0.25) is 0 Å². The molecule has 1 aromatic rings. The molecule has 0 unspecified atom stereocenters. The summed E-state index contributed by atoms with van der Waals surface area (Å²) >= 11 is 0. The molecule has 0 atom stereocenters. The first-order valence-corrected chi connectivity index (χ1v) is 7.75. The average molecular weight is 300 g/mol. The molecule has 1 rings (SSSR count). The zero-order valence-electron chi connectivity index (χ0n) is 11.8. The van der Waals surface area contributed by atoms with Gasteiger partial charge in [-0.05, 0) is 32.4 Å². The number of carboxylic acid groups (broad SMARTS) is 1. The smallest absolute Gasteiger partial charge is 0.305 e. The molecule has 7 heteroatoms. The molecule has 0 spiro atoms. The second-order valence-corrected chi connectivity index (χ2v) is 6.41. The molecule has 0 aromatic heterocycles. The van der Waals surface area contributed by atoms with Crippen molar-refractivity contribution in [2.45, 2.75) is 33.2 Å². The number of anilines is 1. The van der Waals surface area contributed by atoms with Crippen molar-refractivity contribution in [1.82, 2.24) is 4.72 Å². The molecule has 0 bridgehead atoms. The van der Waals surface area contributed by atoms with Crippen LogP contribution < -0.4 is 9.03 Å². The molecule has 0 heterocycles. The maximum absolute atomic E-state index is 12.3. The van der Waals surface area contributed by atoms with Crippen LogP contribution in [0.5, 0.6) is 0 Å². The SMILES string of the molecule is Cc1ccccc1N(CCC(=O)O)S(=O)(=O)NC(C)C. The number of nitrogens with zero attached hydrogens (tertiary/aromatic N) is 1. The highest BCUT2D eigenvalue weighted by Crippen LogP contribution is 2.22. The van der Waals surface area contributed by atoms with Gasteiger partial charge in [0, 0.05) is 12.6 Å². The van der Waals surface area contributed by atoms with Crippen LogP contribution in [0.3, 0.4) is 0 Å². The number of benzene rings is 1. The number of hydrogen-bond donors (Lipinski definition) is 2. The molecule has 6 nitrogen and oxygen atoms in total. The summed E-state index contributed by atoms with van der Waals surface area (Å²) in [7, 11) is -3.77. The quantitative estimate of drug-likeness (QED) is 0.799. The Labute approximate surface area is 119 Å². The van der Waals surface area contributed by atoms with Crippen LogP contribution in [0.4, 0.5) is 5.69 Å². The molecule has 20 heavy (non-hydrogen) atoms. The third-order valence-corrected chi connectivity index (χ3v) is 4.32. The Kier molecular flexibility index (Phi) is 5.52. The molecule has 0 aliphatic heterocycles. The maximum atomic E-state index is 12.3. The van der Waals surface area contributed by atoms with Crippen LogP contribution in [0.15, 0.2) is 24.3 Å². The van der Waals surface area contributed by atoms with Crippen molar-refractivity contribution in [2.75, 3.05) is 10.8 Å². The van der Waals surface area contributed by atoms with Gasteiger partial charge in [0.25, 0.3) is 0 Å². The lowest BCUT2D eigenvalue weighted by Crippen LogP contribution is -2.44. The summed E-state index contributed by atoms with van der Waals surface area (Å²) < 4.78 is 28.2. The van der Waals surface area contributed by atoms with Crippen LogP contribution in [-0.4, -0.2) is 32.1 Å². The minimum Gasteiger partial charge on any atom is -0.481 e. The zero-order valence-corrected chi connectivity index (χ0v) is 12.6. The largest absolute Gasteiger partial charge is 0.481 e. The molecule has 112 valence electrons. The zero-order chi connectivity index (χ0) is 15.3. The number of aryl methyl sites for hydroxylation is 1. The molecule has 0 amide bonds. The maximum Gasteiger partial charge on any atom is 0.305 e. The normalized spacial score (nSPS) is 11.6. The summed E-state index contributed by atoms with van der Waals surface area (Å²) in [5.74, 6) is -1.04. The van der Waals surface area contributed by atoms with E-state index in [1.54, 1.807) is 45.0 Å². The van der Waals surface area contributed by atoms with Crippen molar-refractivity contribution < 1.29 is 18.3 Å². The van der Waals surface area contributed by atoms with Gasteiger partial charge in [-0.3, -0.25) is 9.10 Å². The highest BCUT2D eigenvalue weighted by atomic mass is 32.2. The Hall–Kier alpha value is -1.60. The number of para-hydroxylation sites is 1. The van der Waals surface area contributed by atoms with Gasteiger partial charge >= 0.3 is 16.2 Å². The molecule has 0 aliphatic carbocycles. The molecule has 1 aromatic carbocycles. The van der Waals surface area contributed by atoms with E-state index in [0.29, 0.717) is 5.69 Å². The first-order chi connectivity index (χ1) is 9.24. The fourth-order valence-electron chi connectivity index (χ4n) is 1.77. The van der Waals surface area contributed by atoms with E-state index in [2.05, 4.69) is 4.72 Å². The van der Waals surface area contributed by atoms with Gasteiger partial charge in [0.15, 0.2) is 0 Å². The molecular formula is C13H20N2O4S. The van der Waals surface area contributed by atoms with E-state index in [1.165, 1.54) is 0 Å². The van der Waals surface area contributed by atoms with Crippen molar-refractivity contribution >= 4 is 21.9 Å². The van der Waals surface area contributed by atoms with E-state index >= 15 is 0 Å². The lowest BCUT2D eigenvalue weighted by atomic mass is 10.2. The van der Waals surface area contributed by atoms with Crippen molar-refractivity contribution in [3.63, 3.8) is 0 Å². The Balaban J connectivity index is 3.15. The van der Waals surface area contributed by atoms with Gasteiger partial charge in [-0.15, -0.1) is 0 Å². The lowest BCUT2D eigenvalue weighted by Gasteiger charge is -2.26. The van der Waals surface area contributed by atoms with E-state index < -0.39 is 16.2 Å². The van der Waals surface area contributed by atoms with E-state index in [9.17, 15) is 13.2 Å². The number of nitrogens with one attached hydrogen (secondary N) is 1. The van der Waals surface area contributed by atoms with E-state index in [-0.39, 0.29) is 19.0 Å². The van der Waals surface area contributed by atoms with Gasteiger partial charge in [0.05, 0.1) is 12.1 Å². The van der Waals surface area contributed by atoms with Crippen molar-refractivity contribution in [3.05, 3.63) is 29.8 Å². The number of rotatable bonds is 7. The number of hydrogen-bond acceptors (Lipinski definition) is 3. The summed E-state index contributed by atoms with van der Waals surface area (Å²) in [5.41, 5.74) is 1.26. The molecule has 0 saturated heterocycles. The van der Waals surface area contributed by atoms with Crippen LogP contribution in [0.2, 0.25) is 0 Å². The predicted molar refractivity (Wildman–Crippen MR) is 78.0 cm³/mol. The fraction of sp³-hybridized carbons (Fsp3) is 0.462. The molecule has 0 radical (unpaired) electrons. The summed E-state index contributed by atoms with van der Waals surface area (Å²) in [6.45, 7) is 5.10. The second kappa shape index (κ2) is 6.71. The lowest BCUT2D eigenvalue weighted by molar-refractivity contribution is -0.136. The standard InChI is InChI=1S/C13H20N2O4S/c1-10(2)14-20(18,19)15(9-8-13(16)17)12-7-5-4-6-11(12)3/h4-7,10,14H,8-9H2,1-3H3,(H,16,17). The van der Waals surface area contributed by atoms with Crippen LogP contribution in [0.25, 0.3) is 0 Å². The average Bonchev–Trinajstić information content (AvgIpc) is 2.29. The molecule has 0 aliphatic rings. The van der Waals surface area contributed by atoms with E-state index in [0.717, 1.165) is 9.87 Å². The highest BCUT2D eigenvalue weighted by Gasteiger charge is 2.24. The van der Waals surface area contributed by atoms with Gasteiger partial charge < -0.3 is 5.11 Å². The number of carbonyl (C=O) groups is 1. The van der Waals surface area contributed by atoms with E-state index in [1.807, 2.05) is 0 Å². The van der Waals surface area contributed by atoms with Gasteiger partial charge in [0.1, 0.15) is 0 Å². The first-order valence-electron chi connectivity index (χ1n) is 6.31. The number of carboxylic acids is 1. The Morgan fingerprint density at radius 3 is 2.45 bits per heavy atom. The Bertz CT molecular complexity index is 569. The third-order valence-electron chi connectivity index (χ3n) is 2.59. The molecule has 2 N–H and O–H groups in total. The molecular weight excluding hydrogens is 280 g/mol. The summed E-state index contributed by atoms with van der Waals surface area (Å²) in [6.07, 6.45) is -0.257. The van der Waals surface area contributed by atoms with Crippen LogP contribution in [-0.2, 0) is 15.0 Å². The topological polar surface area (TPSA) is 86.7 Å². The summed E-state index contributed by atoms with van der Waals surface area (Å²) in [6, 6.07) is 6.71. The van der Waals surface area contributed by atoms with Crippen molar-refractivity contribution in [3.8, 4) is 0 Å². The van der Waals surface area contributed by atoms with E-state index in [4.69, 9.17) is 5.11 Å². The minimum atomic E-state index is -3.77. The molecule has 0 fully saturated rings. The third kappa shape index (κ3) is 4.50.